The number of likely N-dealkylation sites (N-methyl/N-ethyl adjacent to an activating group) is 1. The van der Waals surface area contributed by atoms with Gasteiger partial charge in [0.25, 0.3) is 5.56 Å². The second kappa shape index (κ2) is 8.72. The van der Waals surface area contributed by atoms with Crippen LogP contribution in [0.5, 0.6) is 0 Å². The lowest BCUT2D eigenvalue weighted by molar-refractivity contribution is 0.167. The van der Waals surface area contributed by atoms with Gasteiger partial charge in [0.1, 0.15) is 5.82 Å². The number of nitrogens with zero attached hydrogens (tertiary/aromatic N) is 4. The van der Waals surface area contributed by atoms with Crippen LogP contribution >= 0.6 is 11.6 Å². The molecule has 1 saturated heterocycles. The van der Waals surface area contributed by atoms with Gasteiger partial charge in [0, 0.05) is 37.7 Å². The molecule has 1 aliphatic heterocycles. The fourth-order valence-corrected chi connectivity index (χ4v) is 4.45. The number of fused-ring (bicyclic) bond motifs is 1. The predicted octanol–water partition coefficient (Wildman–Crippen LogP) is 3.79. The fraction of sp³-hybridized carbons (Fsp3) is 0.619. The molecule has 3 rings (SSSR count). The standard InChI is InChI=1S/C21H31ClN4O/c1-5-7-19(25-11-10-24(4)13-15(3)14-25)20-23-18-9-8-16(22)12-17(18)21(27)26(20)6-2/h8-9,12,15,19H,5-7,10-11,13-14H2,1-4H3/t15-,19-/m0/s1. The molecule has 0 spiro atoms. The van der Waals surface area contributed by atoms with Crippen molar-refractivity contribution in [2.45, 2.75) is 46.2 Å². The summed E-state index contributed by atoms with van der Waals surface area (Å²) in [6, 6.07) is 5.58. The largest absolute Gasteiger partial charge is 0.305 e. The smallest absolute Gasteiger partial charge is 0.261 e. The Labute approximate surface area is 166 Å². The predicted molar refractivity (Wildman–Crippen MR) is 113 cm³/mol. The molecular formula is C21H31ClN4O. The van der Waals surface area contributed by atoms with Crippen LogP contribution in [0.4, 0.5) is 0 Å². The third-order valence-electron chi connectivity index (χ3n) is 5.50. The molecule has 1 fully saturated rings. The monoisotopic (exact) mass is 390 g/mol. The molecule has 0 N–H and O–H groups in total. The summed E-state index contributed by atoms with van der Waals surface area (Å²) in [4.78, 5) is 23.0. The van der Waals surface area contributed by atoms with Crippen LogP contribution < -0.4 is 5.56 Å². The van der Waals surface area contributed by atoms with Gasteiger partial charge in [0.2, 0.25) is 0 Å². The molecule has 1 aliphatic rings. The third-order valence-corrected chi connectivity index (χ3v) is 5.74. The van der Waals surface area contributed by atoms with Crippen molar-refractivity contribution >= 4 is 22.5 Å². The van der Waals surface area contributed by atoms with Gasteiger partial charge >= 0.3 is 0 Å². The van der Waals surface area contributed by atoms with Crippen LogP contribution in [-0.4, -0.2) is 52.6 Å². The lowest BCUT2D eigenvalue weighted by Gasteiger charge is -2.32. The van der Waals surface area contributed by atoms with Gasteiger partial charge in [0.05, 0.1) is 16.9 Å². The second-order valence-corrected chi connectivity index (χ2v) is 8.28. The molecule has 5 nitrogen and oxygen atoms in total. The Bertz CT molecular complexity index is 850. The molecular weight excluding hydrogens is 360 g/mol. The molecule has 0 bridgehead atoms. The maximum Gasteiger partial charge on any atom is 0.261 e. The minimum atomic E-state index is 0.0149. The molecule has 0 amide bonds. The molecule has 2 heterocycles. The van der Waals surface area contributed by atoms with Crippen LogP contribution in [0.1, 0.15) is 45.5 Å². The van der Waals surface area contributed by atoms with Crippen LogP contribution in [-0.2, 0) is 6.54 Å². The van der Waals surface area contributed by atoms with Crippen molar-refractivity contribution in [3.8, 4) is 0 Å². The van der Waals surface area contributed by atoms with Gasteiger partial charge in [0.15, 0.2) is 0 Å². The number of hydrogen-bond acceptors (Lipinski definition) is 4. The third kappa shape index (κ3) is 4.36. The van der Waals surface area contributed by atoms with Gasteiger partial charge in [-0.3, -0.25) is 14.3 Å². The lowest BCUT2D eigenvalue weighted by atomic mass is 10.1. The molecule has 0 radical (unpaired) electrons. The van der Waals surface area contributed by atoms with Crippen molar-refractivity contribution in [2.75, 3.05) is 33.2 Å². The van der Waals surface area contributed by atoms with Gasteiger partial charge in [-0.15, -0.1) is 0 Å². The summed E-state index contributed by atoms with van der Waals surface area (Å²) in [5.74, 6) is 1.49. The number of hydrogen-bond donors (Lipinski definition) is 0. The van der Waals surface area contributed by atoms with E-state index in [4.69, 9.17) is 16.6 Å². The van der Waals surface area contributed by atoms with Gasteiger partial charge in [-0.25, -0.2) is 4.98 Å². The quantitative estimate of drug-likeness (QED) is 0.778. The Morgan fingerprint density at radius 1 is 1.26 bits per heavy atom. The summed E-state index contributed by atoms with van der Waals surface area (Å²) in [7, 11) is 2.19. The van der Waals surface area contributed by atoms with E-state index in [0.29, 0.717) is 22.9 Å². The highest BCUT2D eigenvalue weighted by Gasteiger charge is 2.28. The van der Waals surface area contributed by atoms with E-state index < -0.39 is 0 Å². The number of halogens is 1. The summed E-state index contributed by atoms with van der Waals surface area (Å²) in [6.07, 6.45) is 2.06. The van der Waals surface area contributed by atoms with Crippen molar-refractivity contribution < 1.29 is 0 Å². The number of benzene rings is 1. The van der Waals surface area contributed by atoms with Crippen LogP contribution in [0.25, 0.3) is 10.9 Å². The van der Waals surface area contributed by atoms with Gasteiger partial charge in [-0.1, -0.05) is 31.9 Å². The molecule has 0 unspecified atom stereocenters. The SMILES string of the molecule is CCC[C@@H](c1nc2ccc(Cl)cc2c(=O)n1CC)N1CCN(C)C[C@H](C)C1. The first-order chi connectivity index (χ1) is 12.9. The molecule has 1 aromatic carbocycles. The zero-order valence-corrected chi connectivity index (χ0v) is 17.7. The lowest BCUT2D eigenvalue weighted by Crippen LogP contribution is -2.38. The summed E-state index contributed by atoms with van der Waals surface area (Å²) in [5, 5.41) is 1.18. The first-order valence-electron chi connectivity index (χ1n) is 10.1. The normalized spacial score (nSPS) is 20.7. The Kier molecular flexibility index (Phi) is 6.56. The molecule has 6 heteroatoms. The summed E-state index contributed by atoms with van der Waals surface area (Å²) >= 11 is 6.12. The first kappa shape index (κ1) is 20.3. The first-order valence-corrected chi connectivity index (χ1v) is 10.4. The number of aromatic nitrogens is 2. The minimum absolute atomic E-state index is 0.0149. The Morgan fingerprint density at radius 3 is 2.74 bits per heavy atom. The topological polar surface area (TPSA) is 41.4 Å². The molecule has 2 aromatic rings. The molecule has 1 aromatic heterocycles. The van der Waals surface area contributed by atoms with Gasteiger partial charge in [-0.2, -0.15) is 0 Å². The summed E-state index contributed by atoms with van der Waals surface area (Å²) < 4.78 is 1.85. The van der Waals surface area contributed by atoms with Crippen LogP contribution in [0.15, 0.2) is 23.0 Å². The van der Waals surface area contributed by atoms with E-state index in [-0.39, 0.29) is 11.6 Å². The minimum Gasteiger partial charge on any atom is -0.305 e. The fourth-order valence-electron chi connectivity index (χ4n) is 4.27. The van der Waals surface area contributed by atoms with Crippen molar-refractivity contribution in [2.24, 2.45) is 5.92 Å². The van der Waals surface area contributed by atoms with E-state index in [1.165, 1.54) is 0 Å². The Hall–Kier alpha value is -1.43. The maximum atomic E-state index is 13.1. The van der Waals surface area contributed by atoms with Crippen LogP contribution in [0.2, 0.25) is 5.02 Å². The average molecular weight is 391 g/mol. The van der Waals surface area contributed by atoms with E-state index in [0.717, 1.165) is 50.4 Å². The van der Waals surface area contributed by atoms with E-state index in [2.05, 4.69) is 30.7 Å². The zero-order chi connectivity index (χ0) is 19.6. The molecule has 2 atom stereocenters. The highest BCUT2D eigenvalue weighted by Crippen LogP contribution is 2.27. The van der Waals surface area contributed by atoms with Gasteiger partial charge < -0.3 is 4.90 Å². The highest BCUT2D eigenvalue weighted by molar-refractivity contribution is 6.31. The molecule has 0 aliphatic carbocycles. The average Bonchev–Trinajstić information content (AvgIpc) is 2.80. The maximum absolute atomic E-state index is 13.1. The second-order valence-electron chi connectivity index (χ2n) is 7.85. The van der Waals surface area contributed by atoms with E-state index in [9.17, 15) is 4.79 Å². The molecule has 27 heavy (non-hydrogen) atoms. The summed E-state index contributed by atoms with van der Waals surface area (Å²) in [6.45, 7) is 11.3. The Balaban J connectivity index is 2.10. The van der Waals surface area contributed by atoms with Crippen LogP contribution in [0, 0.1) is 5.92 Å². The molecule has 0 saturated carbocycles. The Morgan fingerprint density at radius 2 is 2.04 bits per heavy atom. The van der Waals surface area contributed by atoms with Crippen molar-refractivity contribution in [1.82, 2.24) is 19.4 Å². The van der Waals surface area contributed by atoms with E-state index in [1.807, 2.05) is 23.6 Å². The molecule has 148 valence electrons. The number of rotatable bonds is 5. The highest BCUT2D eigenvalue weighted by atomic mass is 35.5. The van der Waals surface area contributed by atoms with Crippen molar-refractivity contribution in [1.29, 1.82) is 0 Å². The van der Waals surface area contributed by atoms with Crippen molar-refractivity contribution in [3.05, 3.63) is 39.4 Å². The van der Waals surface area contributed by atoms with Gasteiger partial charge in [-0.05, 0) is 44.5 Å². The van der Waals surface area contributed by atoms with Crippen molar-refractivity contribution in [3.63, 3.8) is 0 Å². The van der Waals surface area contributed by atoms with E-state index in [1.54, 1.807) is 6.07 Å². The van der Waals surface area contributed by atoms with E-state index >= 15 is 0 Å². The van der Waals surface area contributed by atoms with Crippen LogP contribution in [0.3, 0.4) is 0 Å². The summed E-state index contributed by atoms with van der Waals surface area (Å²) in [5.41, 5.74) is 0.756. The zero-order valence-electron chi connectivity index (χ0n) is 16.9.